The number of hydrogen-bond acceptors (Lipinski definition) is 6. The highest BCUT2D eigenvalue weighted by Gasteiger charge is 2.28. The van der Waals surface area contributed by atoms with Crippen LogP contribution in [0.3, 0.4) is 0 Å². The van der Waals surface area contributed by atoms with Crippen LogP contribution in [0.5, 0.6) is 0 Å². The largest absolute Gasteiger partial charge is 0.393 e. The number of aryl methyl sites for hydroxylation is 1. The van der Waals surface area contributed by atoms with Crippen LogP contribution in [-0.4, -0.2) is 51.1 Å². The van der Waals surface area contributed by atoms with Crippen molar-refractivity contribution in [3.05, 3.63) is 5.01 Å². The first kappa shape index (κ1) is 16.7. The molecule has 7 heteroatoms. The summed E-state index contributed by atoms with van der Waals surface area (Å²) < 4.78 is 0.853. The summed E-state index contributed by atoms with van der Waals surface area (Å²) in [5.41, 5.74) is 0. The molecule has 1 amide bonds. The summed E-state index contributed by atoms with van der Waals surface area (Å²) in [5.74, 6) is 1.19. The number of aromatic nitrogens is 2. The standard InChI is InChI=1S/C14H23N3O2S2/c1-9(2)13(19)11-4-6-17(7-5-11)12(18)8-20-14-16-15-10(3)21-14/h9,11,13,19H,4-8H2,1-3H3. The van der Waals surface area contributed by atoms with E-state index in [0.717, 1.165) is 35.3 Å². The van der Waals surface area contributed by atoms with Crippen molar-refractivity contribution in [1.29, 1.82) is 0 Å². The lowest BCUT2D eigenvalue weighted by Crippen LogP contribution is -2.43. The lowest BCUT2D eigenvalue weighted by molar-refractivity contribution is -0.130. The SMILES string of the molecule is Cc1nnc(SCC(=O)N2CCC(C(O)C(C)C)CC2)s1. The van der Waals surface area contributed by atoms with Crippen molar-refractivity contribution in [3.63, 3.8) is 0 Å². The number of piperidine rings is 1. The molecule has 0 aromatic carbocycles. The third-order valence-corrected chi connectivity index (χ3v) is 5.84. The van der Waals surface area contributed by atoms with Crippen LogP contribution >= 0.6 is 23.1 Å². The van der Waals surface area contributed by atoms with Gasteiger partial charge in [-0.1, -0.05) is 36.9 Å². The number of rotatable bonds is 5. The van der Waals surface area contributed by atoms with Gasteiger partial charge in [-0.25, -0.2) is 0 Å². The maximum absolute atomic E-state index is 12.2. The van der Waals surface area contributed by atoms with Crippen molar-refractivity contribution < 1.29 is 9.90 Å². The van der Waals surface area contributed by atoms with Crippen LogP contribution in [0.25, 0.3) is 0 Å². The fraction of sp³-hybridized carbons (Fsp3) is 0.786. The monoisotopic (exact) mass is 329 g/mol. The molecule has 1 atom stereocenters. The van der Waals surface area contributed by atoms with Gasteiger partial charge in [0.2, 0.25) is 5.91 Å². The third-order valence-electron chi connectivity index (χ3n) is 3.88. The molecule has 0 bridgehead atoms. The van der Waals surface area contributed by atoms with Gasteiger partial charge in [0.25, 0.3) is 0 Å². The van der Waals surface area contributed by atoms with Gasteiger partial charge in [0.15, 0.2) is 4.34 Å². The quantitative estimate of drug-likeness (QED) is 0.839. The topological polar surface area (TPSA) is 66.3 Å². The van der Waals surface area contributed by atoms with Gasteiger partial charge in [-0.15, -0.1) is 10.2 Å². The van der Waals surface area contributed by atoms with Crippen molar-refractivity contribution >= 4 is 29.0 Å². The molecule has 1 unspecified atom stereocenters. The van der Waals surface area contributed by atoms with Crippen LogP contribution in [0.4, 0.5) is 0 Å². The molecule has 1 aliphatic heterocycles. The first-order valence-electron chi connectivity index (χ1n) is 7.36. The number of carbonyl (C=O) groups is 1. The molecule has 1 saturated heterocycles. The lowest BCUT2D eigenvalue weighted by Gasteiger charge is -2.35. The summed E-state index contributed by atoms with van der Waals surface area (Å²) in [6.07, 6.45) is 1.54. The molecular weight excluding hydrogens is 306 g/mol. The second kappa shape index (κ2) is 7.56. The van der Waals surface area contributed by atoms with E-state index in [0.29, 0.717) is 11.7 Å². The van der Waals surface area contributed by atoms with Crippen molar-refractivity contribution in [2.24, 2.45) is 11.8 Å². The van der Waals surface area contributed by atoms with Crippen molar-refractivity contribution in [2.75, 3.05) is 18.8 Å². The molecular formula is C14H23N3O2S2. The Morgan fingerprint density at radius 2 is 2.10 bits per heavy atom. The molecule has 1 N–H and O–H groups in total. The molecule has 21 heavy (non-hydrogen) atoms. The van der Waals surface area contributed by atoms with E-state index in [4.69, 9.17) is 0 Å². The first-order valence-corrected chi connectivity index (χ1v) is 9.16. The Bertz CT molecular complexity index is 471. The molecule has 0 radical (unpaired) electrons. The average Bonchev–Trinajstić information content (AvgIpc) is 2.89. The fourth-order valence-electron chi connectivity index (χ4n) is 2.59. The summed E-state index contributed by atoms with van der Waals surface area (Å²) in [7, 11) is 0. The minimum absolute atomic E-state index is 0.158. The number of nitrogens with zero attached hydrogens (tertiary/aromatic N) is 3. The van der Waals surface area contributed by atoms with E-state index in [-0.39, 0.29) is 17.9 Å². The van der Waals surface area contributed by atoms with Crippen molar-refractivity contribution in [1.82, 2.24) is 15.1 Å². The van der Waals surface area contributed by atoms with E-state index < -0.39 is 0 Å². The minimum Gasteiger partial charge on any atom is -0.393 e. The predicted molar refractivity (Wildman–Crippen MR) is 85.5 cm³/mol. The smallest absolute Gasteiger partial charge is 0.233 e. The molecule has 1 fully saturated rings. The normalized spacial score (nSPS) is 18.2. The Labute approximate surface area is 134 Å². The van der Waals surface area contributed by atoms with Gasteiger partial charge in [-0.2, -0.15) is 0 Å². The maximum Gasteiger partial charge on any atom is 0.233 e. The number of aliphatic hydroxyl groups is 1. The van der Waals surface area contributed by atoms with Crippen LogP contribution in [0, 0.1) is 18.8 Å². The van der Waals surface area contributed by atoms with E-state index in [9.17, 15) is 9.90 Å². The van der Waals surface area contributed by atoms with Gasteiger partial charge < -0.3 is 10.0 Å². The highest BCUT2D eigenvalue weighted by Crippen LogP contribution is 2.26. The molecule has 118 valence electrons. The summed E-state index contributed by atoms with van der Waals surface area (Å²) in [4.78, 5) is 14.1. The van der Waals surface area contributed by atoms with Gasteiger partial charge in [0, 0.05) is 13.1 Å². The Hall–Kier alpha value is -0.660. The molecule has 2 heterocycles. The third kappa shape index (κ3) is 4.66. The molecule has 0 aliphatic carbocycles. The van der Waals surface area contributed by atoms with Gasteiger partial charge in [0.1, 0.15) is 5.01 Å². The number of hydrogen-bond donors (Lipinski definition) is 1. The first-order chi connectivity index (χ1) is 9.97. The molecule has 0 spiro atoms. The molecule has 1 aromatic rings. The average molecular weight is 329 g/mol. The predicted octanol–water partition coefficient (Wildman–Crippen LogP) is 2.19. The van der Waals surface area contributed by atoms with E-state index in [1.54, 1.807) is 0 Å². The Morgan fingerprint density at radius 3 is 2.62 bits per heavy atom. The number of aliphatic hydroxyl groups excluding tert-OH is 1. The highest BCUT2D eigenvalue weighted by atomic mass is 32.2. The van der Waals surface area contributed by atoms with Gasteiger partial charge in [-0.05, 0) is 31.6 Å². The number of likely N-dealkylation sites (tertiary alicyclic amines) is 1. The maximum atomic E-state index is 12.2. The van der Waals surface area contributed by atoms with Crippen molar-refractivity contribution in [3.8, 4) is 0 Å². The molecule has 1 aromatic heterocycles. The zero-order chi connectivity index (χ0) is 15.4. The van der Waals surface area contributed by atoms with E-state index in [1.807, 2.05) is 25.7 Å². The lowest BCUT2D eigenvalue weighted by atomic mass is 9.86. The van der Waals surface area contributed by atoms with Gasteiger partial charge in [-0.3, -0.25) is 4.79 Å². The number of thioether (sulfide) groups is 1. The summed E-state index contributed by atoms with van der Waals surface area (Å²) >= 11 is 2.98. The Morgan fingerprint density at radius 1 is 1.43 bits per heavy atom. The van der Waals surface area contributed by atoms with Crippen LogP contribution < -0.4 is 0 Å². The van der Waals surface area contributed by atoms with Crippen LogP contribution in [0.2, 0.25) is 0 Å². The number of carbonyl (C=O) groups excluding carboxylic acids is 1. The summed E-state index contributed by atoms with van der Waals surface area (Å²) in [5, 5.41) is 19.0. The van der Waals surface area contributed by atoms with Crippen LogP contribution in [0.1, 0.15) is 31.7 Å². The summed E-state index contributed by atoms with van der Waals surface area (Å²) in [6, 6.07) is 0. The molecule has 0 saturated carbocycles. The summed E-state index contributed by atoms with van der Waals surface area (Å²) in [6.45, 7) is 7.51. The van der Waals surface area contributed by atoms with Crippen LogP contribution in [-0.2, 0) is 4.79 Å². The zero-order valence-corrected chi connectivity index (χ0v) is 14.4. The molecule has 2 rings (SSSR count). The van der Waals surface area contributed by atoms with Gasteiger partial charge in [0.05, 0.1) is 11.9 Å². The minimum atomic E-state index is -0.249. The second-order valence-corrected chi connectivity index (χ2v) is 8.23. The zero-order valence-electron chi connectivity index (χ0n) is 12.8. The van der Waals surface area contributed by atoms with E-state index in [1.165, 1.54) is 23.1 Å². The number of amides is 1. The molecule has 5 nitrogen and oxygen atoms in total. The Balaban J connectivity index is 1.75. The van der Waals surface area contributed by atoms with Crippen molar-refractivity contribution in [2.45, 2.75) is 44.1 Å². The Kier molecular flexibility index (Phi) is 6.01. The molecule has 1 aliphatic rings. The highest BCUT2D eigenvalue weighted by molar-refractivity contribution is 8.01. The van der Waals surface area contributed by atoms with E-state index >= 15 is 0 Å². The van der Waals surface area contributed by atoms with Crippen LogP contribution in [0.15, 0.2) is 4.34 Å². The van der Waals surface area contributed by atoms with E-state index in [2.05, 4.69) is 10.2 Å². The van der Waals surface area contributed by atoms with Gasteiger partial charge >= 0.3 is 0 Å². The fourth-order valence-corrected chi connectivity index (χ4v) is 4.30. The second-order valence-electron chi connectivity index (χ2n) is 5.83.